The molecule has 0 radical (unpaired) electrons. The number of fused-ring (bicyclic) bond motifs is 1. The summed E-state index contributed by atoms with van der Waals surface area (Å²) < 4.78 is 2.07. The highest BCUT2D eigenvalue weighted by molar-refractivity contribution is 7.08. The maximum absolute atomic E-state index is 6.03. The van der Waals surface area contributed by atoms with Crippen LogP contribution in [-0.4, -0.2) is 9.55 Å². The molecule has 0 bridgehead atoms. The van der Waals surface area contributed by atoms with Gasteiger partial charge in [0.1, 0.15) is 0 Å². The number of nitrogens with zero attached hydrogens (tertiary/aromatic N) is 2. The van der Waals surface area contributed by atoms with Crippen LogP contribution in [0, 0.1) is 13.8 Å². The Kier molecular flexibility index (Phi) is 2.59. The van der Waals surface area contributed by atoms with E-state index in [0.717, 1.165) is 17.6 Å². The summed E-state index contributed by atoms with van der Waals surface area (Å²) in [5.41, 5.74) is 11.9. The van der Waals surface area contributed by atoms with E-state index in [0.29, 0.717) is 5.95 Å². The molecule has 0 aliphatic rings. The van der Waals surface area contributed by atoms with E-state index in [1.54, 1.807) is 11.3 Å². The molecule has 0 aliphatic carbocycles. The van der Waals surface area contributed by atoms with Gasteiger partial charge in [-0.3, -0.25) is 0 Å². The lowest BCUT2D eigenvalue weighted by molar-refractivity contribution is 0.836. The van der Waals surface area contributed by atoms with Gasteiger partial charge in [-0.1, -0.05) is 6.07 Å². The normalized spacial score (nSPS) is 11.2. The SMILES string of the molecule is Cc1ccc2c(c1)nc(N)n2Cc1cscc1C. The lowest BCUT2D eigenvalue weighted by atomic mass is 10.2. The molecule has 2 heterocycles. The molecule has 2 aromatic heterocycles. The van der Waals surface area contributed by atoms with Gasteiger partial charge in [-0.15, -0.1) is 0 Å². The second kappa shape index (κ2) is 4.14. The van der Waals surface area contributed by atoms with Crippen LogP contribution in [0.1, 0.15) is 16.7 Å². The first-order valence-corrected chi connectivity index (χ1v) is 6.83. The molecule has 3 nitrogen and oxygen atoms in total. The number of nitrogens with two attached hydrogens (primary N) is 1. The molecule has 0 spiro atoms. The number of imidazole rings is 1. The molecule has 0 aliphatic heterocycles. The summed E-state index contributed by atoms with van der Waals surface area (Å²) in [6.45, 7) is 4.99. The quantitative estimate of drug-likeness (QED) is 0.765. The van der Waals surface area contributed by atoms with Crippen LogP contribution in [0.3, 0.4) is 0 Å². The van der Waals surface area contributed by atoms with E-state index in [1.165, 1.54) is 16.7 Å². The molecule has 18 heavy (non-hydrogen) atoms. The topological polar surface area (TPSA) is 43.8 Å². The molecule has 3 aromatic rings. The van der Waals surface area contributed by atoms with Gasteiger partial charge in [-0.2, -0.15) is 11.3 Å². The zero-order valence-electron chi connectivity index (χ0n) is 10.5. The van der Waals surface area contributed by atoms with Gasteiger partial charge < -0.3 is 10.3 Å². The lowest BCUT2D eigenvalue weighted by Gasteiger charge is -2.06. The zero-order chi connectivity index (χ0) is 12.7. The zero-order valence-corrected chi connectivity index (χ0v) is 11.3. The molecule has 3 rings (SSSR count). The van der Waals surface area contributed by atoms with Gasteiger partial charge in [-0.05, 0) is 53.4 Å². The maximum Gasteiger partial charge on any atom is 0.201 e. The number of hydrogen-bond donors (Lipinski definition) is 1. The second-order valence-electron chi connectivity index (χ2n) is 4.63. The van der Waals surface area contributed by atoms with Crippen molar-refractivity contribution in [2.75, 3.05) is 5.73 Å². The Morgan fingerprint density at radius 2 is 2.11 bits per heavy atom. The first-order chi connectivity index (χ1) is 8.65. The summed E-state index contributed by atoms with van der Waals surface area (Å²) in [5.74, 6) is 0.584. The summed E-state index contributed by atoms with van der Waals surface area (Å²) in [4.78, 5) is 4.43. The van der Waals surface area contributed by atoms with Gasteiger partial charge in [0.15, 0.2) is 0 Å². The second-order valence-corrected chi connectivity index (χ2v) is 5.37. The molecule has 2 N–H and O–H groups in total. The van der Waals surface area contributed by atoms with Crippen LogP contribution in [0.4, 0.5) is 5.95 Å². The van der Waals surface area contributed by atoms with Crippen LogP contribution >= 0.6 is 11.3 Å². The van der Waals surface area contributed by atoms with Crippen molar-refractivity contribution in [3.8, 4) is 0 Å². The average molecular weight is 257 g/mol. The van der Waals surface area contributed by atoms with Crippen molar-refractivity contribution in [1.29, 1.82) is 0 Å². The minimum atomic E-state index is 0.584. The number of benzene rings is 1. The fourth-order valence-electron chi connectivity index (χ4n) is 2.14. The molecule has 0 atom stereocenters. The van der Waals surface area contributed by atoms with Crippen molar-refractivity contribution in [2.24, 2.45) is 0 Å². The van der Waals surface area contributed by atoms with Crippen molar-refractivity contribution in [2.45, 2.75) is 20.4 Å². The third-order valence-corrected chi connectivity index (χ3v) is 4.13. The van der Waals surface area contributed by atoms with Crippen molar-refractivity contribution in [1.82, 2.24) is 9.55 Å². The van der Waals surface area contributed by atoms with Crippen LogP contribution < -0.4 is 5.73 Å². The minimum absolute atomic E-state index is 0.584. The summed E-state index contributed by atoms with van der Waals surface area (Å²) in [6.07, 6.45) is 0. The van der Waals surface area contributed by atoms with E-state index < -0.39 is 0 Å². The van der Waals surface area contributed by atoms with Crippen molar-refractivity contribution in [3.63, 3.8) is 0 Å². The predicted molar refractivity (Wildman–Crippen MR) is 77.0 cm³/mol. The molecule has 0 saturated heterocycles. The van der Waals surface area contributed by atoms with Crippen LogP contribution in [0.5, 0.6) is 0 Å². The highest BCUT2D eigenvalue weighted by Crippen LogP contribution is 2.22. The van der Waals surface area contributed by atoms with E-state index >= 15 is 0 Å². The van der Waals surface area contributed by atoms with Gasteiger partial charge in [0, 0.05) is 0 Å². The number of rotatable bonds is 2. The van der Waals surface area contributed by atoms with Crippen molar-refractivity contribution >= 4 is 28.3 Å². The largest absolute Gasteiger partial charge is 0.369 e. The molecular weight excluding hydrogens is 242 g/mol. The molecule has 0 amide bonds. The molecule has 0 saturated carbocycles. The Hall–Kier alpha value is -1.81. The molecule has 92 valence electrons. The smallest absolute Gasteiger partial charge is 0.201 e. The van der Waals surface area contributed by atoms with Gasteiger partial charge in [0.2, 0.25) is 5.95 Å². The first kappa shape index (κ1) is 11.3. The highest BCUT2D eigenvalue weighted by Gasteiger charge is 2.10. The van der Waals surface area contributed by atoms with E-state index in [1.807, 2.05) is 0 Å². The number of anilines is 1. The average Bonchev–Trinajstić information content (AvgIpc) is 2.85. The van der Waals surface area contributed by atoms with Gasteiger partial charge in [-0.25, -0.2) is 4.98 Å². The predicted octanol–water partition coefficient (Wildman–Crippen LogP) is 3.35. The Morgan fingerprint density at radius 3 is 2.83 bits per heavy atom. The number of aryl methyl sites for hydroxylation is 2. The fourth-order valence-corrected chi connectivity index (χ4v) is 2.99. The Balaban J connectivity index is 2.11. The van der Waals surface area contributed by atoms with Gasteiger partial charge in [0.25, 0.3) is 0 Å². The first-order valence-electron chi connectivity index (χ1n) is 5.89. The summed E-state index contributed by atoms with van der Waals surface area (Å²) >= 11 is 1.73. The molecule has 1 aromatic carbocycles. The fraction of sp³-hybridized carbons (Fsp3) is 0.214. The molecular formula is C14H15N3S. The highest BCUT2D eigenvalue weighted by atomic mass is 32.1. The van der Waals surface area contributed by atoms with Crippen LogP contribution in [0.15, 0.2) is 29.0 Å². The molecule has 0 fully saturated rings. The summed E-state index contributed by atoms with van der Waals surface area (Å²) in [7, 11) is 0. The van der Waals surface area contributed by atoms with Crippen LogP contribution in [0.25, 0.3) is 11.0 Å². The third kappa shape index (κ3) is 1.78. The number of thiophene rings is 1. The lowest BCUT2D eigenvalue weighted by Crippen LogP contribution is -2.04. The Morgan fingerprint density at radius 1 is 1.28 bits per heavy atom. The Labute approximate surface area is 110 Å². The van der Waals surface area contributed by atoms with E-state index in [4.69, 9.17) is 5.73 Å². The number of nitrogen functional groups attached to an aromatic ring is 1. The summed E-state index contributed by atoms with van der Waals surface area (Å²) in [6, 6.07) is 6.26. The number of hydrogen-bond acceptors (Lipinski definition) is 3. The minimum Gasteiger partial charge on any atom is -0.369 e. The van der Waals surface area contributed by atoms with E-state index in [-0.39, 0.29) is 0 Å². The molecule has 0 unspecified atom stereocenters. The third-order valence-electron chi connectivity index (χ3n) is 3.22. The van der Waals surface area contributed by atoms with Crippen LogP contribution in [-0.2, 0) is 6.54 Å². The van der Waals surface area contributed by atoms with Gasteiger partial charge in [0.05, 0.1) is 17.6 Å². The van der Waals surface area contributed by atoms with Gasteiger partial charge >= 0.3 is 0 Å². The summed E-state index contributed by atoms with van der Waals surface area (Å²) in [5, 5.41) is 4.34. The molecule has 4 heteroatoms. The van der Waals surface area contributed by atoms with Crippen molar-refractivity contribution in [3.05, 3.63) is 45.6 Å². The van der Waals surface area contributed by atoms with Crippen LogP contribution in [0.2, 0.25) is 0 Å². The van der Waals surface area contributed by atoms with E-state index in [2.05, 4.69) is 52.4 Å². The standard InChI is InChI=1S/C14H15N3S/c1-9-3-4-13-12(5-9)16-14(15)17(13)6-11-8-18-7-10(11)2/h3-5,7-8H,6H2,1-2H3,(H2,15,16). The monoisotopic (exact) mass is 257 g/mol. The number of aromatic nitrogens is 2. The van der Waals surface area contributed by atoms with Crippen molar-refractivity contribution < 1.29 is 0 Å². The Bertz CT molecular complexity index is 709. The van der Waals surface area contributed by atoms with E-state index in [9.17, 15) is 0 Å². The maximum atomic E-state index is 6.03.